The number of amides is 1. The summed E-state index contributed by atoms with van der Waals surface area (Å²) in [6, 6.07) is 12.1. The molecule has 0 saturated heterocycles. The fourth-order valence-electron chi connectivity index (χ4n) is 2.39. The maximum Gasteiger partial charge on any atom is 0.292 e. The van der Waals surface area contributed by atoms with Gasteiger partial charge in [-0.15, -0.1) is 0 Å². The predicted molar refractivity (Wildman–Crippen MR) is 95.7 cm³/mol. The maximum atomic E-state index is 12.5. The van der Waals surface area contributed by atoms with Gasteiger partial charge in [0.25, 0.3) is 11.5 Å². The van der Waals surface area contributed by atoms with E-state index >= 15 is 0 Å². The molecule has 0 unspecified atom stereocenters. The van der Waals surface area contributed by atoms with Crippen LogP contribution in [-0.4, -0.2) is 26.9 Å². The summed E-state index contributed by atoms with van der Waals surface area (Å²) in [5.41, 5.74) is 2.99. The monoisotopic (exact) mass is 335 g/mol. The molecule has 0 fully saturated rings. The fraction of sp³-hybridized carbons (Fsp3) is 0.167. The van der Waals surface area contributed by atoms with E-state index in [0.29, 0.717) is 16.5 Å². The first-order valence-corrected chi connectivity index (χ1v) is 7.84. The third kappa shape index (κ3) is 3.45. The van der Waals surface area contributed by atoms with Gasteiger partial charge in [0.05, 0.1) is 23.3 Å². The van der Waals surface area contributed by atoms with E-state index in [4.69, 9.17) is 0 Å². The number of hydrogen-bond acceptors (Lipinski definition) is 5. The van der Waals surface area contributed by atoms with E-state index in [-0.39, 0.29) is 17.3 Å². The van der Waals surface area contributed by atoms with Gasteiger partial charge in [-0.2, -0.15) is 10.2 Å². The highest BCUT2D eigenvalue weighted by molar-refractivity contribution is 6.04. The summed E-state index contributed by atoms with van der Waals surface area (Å²) in [4.78, 5) is 29.1. The van der Waals surface area contributed by atoms with Gasteiger partial charge >= 0.3 is 0 Å². The average Bonchev–Trinajstić information content (AvgIpc) is 2.62. The van der Waals surface area contributed by atoms with Gasteiger partial charge in [-0.3, -0.25) is 14.6 Å². The molecule has 0 bridgehead atoms. The number of hydrogen-bond donors (Lipinski definition) is 1. The number of nitrogens with zero attached hydrogens (tertiary/aromatic N) is 4. The van der Waals surface area contributed by atoms with Gasteiger partial charge in [0, 0.05) is 11.6 Å². The maximum absolute atomic E-state index is 12.5. The number of benzene rings is 1. The molecule has 2 aromatic heterocycles. The van der Waals surface area contributed by atoms with Gasteiger partial charge in [0.15, 0.2) is 5.69 Å². The van der Waals surface area contributed by atoms with Crippen LogP contribution < -0.4 is 11.0 Å². The topological polar surface area (TPSA) is 89.2 Å². The van der Waals surface area contributed by atoms with Crippen LogP contribution in [0.5, 0.6) is 0 Å². The molecule has 1 aromatic carbocycles. The zero-order chi connectivity index (χ0) is 17.8. The third-order valence-corrected chi connectivity index (χ3v) is 3.58. The lowest BCUT2D eigenvalue weighted by atomic mass is 10.1. The summed E-state index contributed by atoms with van der Waals surface area (Å²) in [6.45, 7) is 3.67. The molecule has 2 heterocycles. The van der Waals surface area contributed by atoms with Crippen molar-refractivity contribution in [2.24, 2.45) is 5.10 Å². The minimum atomic E-state index is -0.488. The molecule has 3 rings (SSSR count). The van der Waals surface area contributed by atoms with Crippen LogP contribution in [-0.2, 0) is 0 Å². The Morgan fingerprint density at radius 3 is 2.56 bits per heavy atom. The Labute approximate surface area is 144 Å². The molecule has 0 spiro atoms. The van der Waals surface area contributed by atoms with Crippen molar-refractivity contribution in [1.82, 2.24) is 20.2 Å². The van der Waals surface area contributed by atoms with Crippen molar-refractivity contribution in [3.8, 4) is 0 Å². The van der Waals surface area contributed by atoms with E-state index in [1.54, 1.807) is 42.6 Å². The molecule has 3 aromatic rings. The minimum absolute atomic E-state index is 0.155. The molecule has 7 heteroatoms. The van der Waals surface area contributed by atoms with Crippen LogP contribution in [0.15, 0.2) is 58.6 Å². The van der Waals surface area contributed by atoms with Crippen molar-refractivity contribution < 1.29 is 4.79 Å². The van der Waals surface area contributed by atoms with Crippen LogP contribution in [0.25, 0.3) is 10.8 Å². The molecule has 0 radical (unpaired) electrons. The molecule has 1 amide bonds. The summed E-state index contributed by atoms with van der Waals surface area (Å²) >= 11 is 0. The number of fused-ring (bicyclic) bond motifs is 1. The zero-order valence-corrected chi connectivity index (χ0v) is 13.9. The molecule has 126 valence electrons. The van der Waals surface area contributed by atoms with Crippen LogP contribution in [0.3, 0.4) is 0 Å². The van der Waals surface area contributed by atoms with E-state index < -0.39 is 5.91 Å². The molecular formula is C18H17N5O2. The SMILES string of the molecule is CC(C)n1nc(C(=O)N/N=C\c2ccccn2)c2ccccc2c1=O. The molecule has 25 heavy (non-hydrogen) atoms. The summed E-state index contributed by atoms with van der Waals surface area (Å²) < 4.78 is 1.31. The molecular weight excluding hydrogens is 318 g/mol. The Hall–Kier alpha value is -3.35. The van der Waals surface area contributed by atoms with E-state index in [9.17, 15) is 9.59 Å². The number of aromatic nitrogens is 3. The van der Waals surface area contributed by atoms with E-state index in [1.807, 2.05) is 19.9 Å². The van der Waals surface area contributed by atoms with Crippen molar-refractivity contribution in [2.45, 2.75) is 19.9 Å². The Morgan fingerprint density at radius 2 is 1.88 bits per heavy atom. The molecule has 0 aliphatic heterocycles. The Kier molecular flexibility index (Phi) is 4.65. The number of carbonyl (C=O) groups is 1. The van der Waals surface area contributed by atoms with E-state index in [1.165, 1.54) is 10.9 Å². The third-order valence-electron chi connectivity index (χ3n) is 3.58. The van der Waals surface area contributed by atoms with Crippen molar-refractivity contribution in [2.75, 3.05) is 0 Å². The lowest BCUT2D eigenvalue weighted by molar-refractivity contribution is 0.0949. The Balaban J connectivity index is 1.97. The van der Waals surface area contributed by atoms with Gasteiger partial charge in [0.1, 0.15) is 0 Å². The van der Waals surface area contributed by atoms with Crippen LogP contribution in [0, 0.1) is 0 Å². The van der Waals surface area contributed by atoms with Crippen molar-refractivity contribution in [3.05, 3.63) is 70.4 Å². The van der Waals surface area contributed by atoms with E-state index in [0.717, 1.165) is 0 Å². The normalized spacial score (nSPS) is 11.3. The second-order valence-electron chi connectivity index (χ2n) is 5.69. The fourth-order valence-corrected chi connectivity index (χ4v) is 2.39. The lowest BCUT2D eigenvalue weighted by Gasteiger charge is -2.12. The number of nitrogens with one attached hydrogen (secondary N) is 1. The number of pyridine rings is 1. The summed E-state index contributed by atoms with van der Waals surface area (Å²) in [7, 11) is 0. The highest BCUT2D eigenvalue weighted by Crippen LogP contribution is 2.14. The Morgan fingerprint density at radius 1 is 1.16 bits per heavy atom. The highest BCUT2D eigenvalue weighted by atomic mass is 16.2. The van der Waals surface area contributed by atoms with Gasteiger partial charge in [0.2, 0.25) is 0 Å². The van der Waals surface area contributed by atoms with Crippen molar-refractivity contribution >= 4 is 22.9 Å². The van der Waals surface area contributed by atoms with Crippen LogP contribution in [0.2, 0.25) is 0 Å². The summed E-state index contributed by atoms with van der Waals surface area (Å²) in [5.74, 6) is -0.488. The van der Waals surface area contributed by atoms with Gasteiger partial charge in [-0.05, 0) is 32.0 Å². The zero-order valence-electron chi connectivity index (χ0n) is 13.9. The second-order valence-corrected chi connectivity index (χ2v) is 5.69. The predicted octanol–water partition coefficient (Wildman–Crippen LogP) is 2.14. The van der Waals surface area contributed by atoms with Crippen molar-refractivity contribution in [3.63, 3.8) is 0 Å². The van der Waals surface area contributed by atoms with Crippen LogP contribution >= 0.6 is 0 Å². The average molecular weight is 335 g/mol. The minimum Gasteiger partial charge on any atom is -0.267 e. The quantitative estimate of drug-likeness (QED) is 0.584. The summed E-state index contributed by atoms with van der Waals surface area (Å²) in [6.07, 6.45) is 3.08. The lowest BCUT2D eigenvalue weighted by Crippen LogP contribution is -2.30. The number of hydrazone groups is 1. The molecule has 0 aliphatic carbocycles. The molecule has 0 saturated carbocycles. The molecule has 7 nitrogen and oxygen atoms in total. The largest absolute Gasteiger partial charge is 0.292 e. The smallest absolute Gasteiger partial charge is 0.267 e. The standard InChI is InChI=1S/C18H17N5O2/c1-12(2)23-18(25)15-9-4-3-8-14(15)16(22-23)17(24)21-20-11-13-7-5-6-10-19-13/h3-12H,1-2H3,(H,21,24)/b20-11-. The van der Waals surface area contributed by atoms with Gasteiger partial charge in [-0.25, -0.2) is 10.1 Å². The first-order valence-electron chi connectivity index (χ1n) is 7.84. The molecule has 0 atom stereocenters. The van der Waals surface area contributed by atoms with Gasteiger partial charge < -0.3 is 0 Å². The van der Waals surface area contributed by atoms with Crippen LogP contribution in [0.4, 0.5) is 0 Å². The number of carbonyl (C=O) groups excluding carboxylic acids is 1. The first kappa shape index (κ1) is 16.5. The number of rotatable bonds is 4. The Bertz CT molecular complexity index is 993. The van der Waals surface area contributed by atoms with Crippen molar-refractivity contribution in [1.29, 1.82) is 0 Å². The first-order chi connectivity index (χ1) is 12.1. The molecule has 1 N–H and O–H groups in total. The van der Waals surface area contributed by atoms with Gasteiger partial charge in [-0.1, -0.05) is 24.3 Å². The van der Waals surface area contributed by atoms with E-state index in [2.05, 4.69) is 20.6 Å². The summed E-state index contributed by atoms with van der Waals surface area (Å²) in [5, 5.41) is 9.08. The molecule has 0 aliphatic rings. The highest BCUT2D eigenvalue weighted by Gasteiger charge is 2.17. The van der Waals surface area contributed by atoms with Crippen LogP contribution in [0.1, 0.15) is 36.1 Å². The second kappa shape index (κ2) is 7.04.